The number of carbonyl (C=O) groups excluding carboxylic acids is 1. The first-order chi connectivity index (χ1) is 15.1. The number of amides is 1. The molecular formula is C23H23ClN4O3. The van der Waals surface area contributed by atoms with E-state index in [9.17, 15) is 10.1 Å². The maximum atomic E-state index is 12.8. The van der Waals surface area contributed by atoms with Gasteiger partial charge in [-0.1, -0.05) is 17.7 Å². The molecule has 0 aliphatic heterocycles. The molecule has 31 heavy (non-hydrogen) atoms. The first kappa shape index (κ1) is 22.3. The van der Waals surface area contributed by atoms with E-state index in [0.29, 0.717) is 64.6 Å². The van der Waals surface area contributed by atoms with Gasteiger partial charge in [0.15, 0.2) is 0 Å². The van der Waals surface area contributed by atoms with E-state index >= 15 is 0 Å². The number of carbonyl (C=O) groups is 1. The average Bonchev–Trinajstić information content (AvgIpc) is 2.79. The van der Waals surface area contributed by atoms with Crippen LogP contribution in [0.1, 0.15) is 27.9 Å². The summed E-state index contributed by atoms with van der Waals surface area (Å²) < 4.78 is 10.2. The van der Waals surface area contributed by atoms with E-state index in [-0.39, 0.29) is 5.91 Å². The van der Waals surface area contributed by atoms with Crippen molar-refractivity contribution in [2.75, 3.05) is 32.7 Å². The van der Waals surface area contributed by atoms with Gasteiger partial charge in [-0.3, -0.25) is 9.78 Å². The van der Waals surface area contributed by atoms with Gasteiger partial charge in [-0.25, -0.2) is 0 Å². The third-order valence-corrected chi connectivity index (χ3v) is 5.03. The number of fused-ring (bicyclic) bond motifs is 1. The molecule has 2 aromatic carbocycles. The van der Waals surface area contributed by atoms with Gasteiger partial charge in [-0.15, -0.1) is 0 Å². The van der Waals surface area contributed by atoms with Crippen LogP contribution in [-0.2, 0) is 11.3 Å². The van der Waals surface area contributed by atoms with Gasteiger partial charge >= 0.3 is 0 Å². The Hall–Kier alpha value is -3.34. The number of nitriles is 1. The molecule has 2 N–H and O–H groups in total. The minimum absolute atomic E-state index is 0.247. The fraction of sp³-hybridized carbons (Fsp3) is 0.261. The molecule has 1 amide bonds. The minimum atomic E-state index is -0.247. The van der Waals surface area contributed by atoms with E-state index in [1.54, 1.807) is 44.7 Å². The summed E-state index contributed by atoms with van der Waals surface area (Å²) >= 11 is 6.24. The summed E-state index contributed by atoms with van der Waals surface area (Å²) in [5.41, 5.74) is 3.10. The van der Waals surface area contributed by atoms with Crippen LogP contribution >= 0.6 is 11.6 Å². The Bertz CT molecular complexity index is 1130. The molecule has 0 fully saturated rings. The van der Waals surface area contributed by atoms with Gasteiger partial charge < -0.3 is 20.1 Å². The van der Waals surface area contributed by atoms with Crippen molar-refractivity contribution >= 4 is 34.1 Å². The first-order valence-electron chi connectivity index (χ1n) is 9.73. The highest BCUT2D eigenvalue weighted by atomic mass is 35.5. The minimum Gasteiger partial charge on any atom is -0.495 e. The summed E-state index contributed by atoms with van der Waals surface area (Å²) in [6.45, 7) is 1.46. The van der Waals surface area contributed by atoms with Crippen molar-refractivity contribution in [3.8, 4) is 11.8 Å². The van der Waals surface area contributed by atoms with E-state index in [1.165, 1.54) is 0 Å². The SMILES string of the molecule is COCCCNC(=O)c1cnc2ccc(C#N)cc2c1NCc1ccc(OC)c(Cl)c1. The maximum absolute atomic E-state index is 12.8. The van der Waals surface area contributed by atoms with Crippen LogP contribution < -0.4 is 15.4 Å². The standard InChI is InChI=1S/C23H23ClN4O3/c1-30-9-3-8-26-23(29)18-14-27-20-6-4-15(12-25)10-17(20)22(18)28-13-16-5-7-21(31-2)19(24)11-16/h4-7,10-11,14H,3,8-9,13H2,1-2H3,(H,26,29)(H,27,28). The van der Waals surface area contributed by atoms with Gasteiger partial charge in [0.05, 0.1) is 40.5 Å². The quantitative estimate of drug-likeness (QED) is 0.487. The molecule has 0 spiro atoms. The van der Waals surface area contributed by atoms with Gasteiger partial charge in [0.25, 0.3) is 5.91 Å². The number of nitrogens with zero attached hydrogens (tertiary/aromatic N) is 2. The number of benzene rings is 2. The lowest BCUT2D eigenvalue weighted by molar-refractivity contribution is 0.0949. The van der Waals surface area contributed by atoms with Crippen LogP contribution in [0.2, 0.25) is 5.02 Å². The van der Waals surface area contributed by atoms with Crippen LogP contribution in [0.5, 0.6) is 5.75 Å². The molecule has 0 bridgehead atoms. The summed E-state index contributed by atoms with van der Waals surface area (Å²) in [4.78, 5) is 17.2. The number of pyridine rings is 1. The summed E-state index contributed by atoms with van der Waals surface area (Å²) in [6, 6.07) is 12.8. The normalized spacial score (nSPS) is 10.5. The Balaban J connectivity index is 1.94. The molecule has 160 valence electrons. The third kappa shape index (κ3) is 5.43. The lowest BCUT2D eigenvalue weighted by atomic mass is 10.1. The first-order valence-corrected chi connectivity index (χ1v) is 10.1. The van der Waals surface area contributed by atoms with E-state index in [4.69, 9.17) is 21.1 Å². The highest BCUT2D eigenvalue weighted by Crippen LogP contribution is 2.29. The van der Waals surface area contributed by atoms with Gasteiger partial charge in [0, 0.05) is 38.4 Å². The number of methoxy groups -OCH3 is 2. The second-order valence-corrected chi connectivity index (χ2v) is 7.22. The van der Waals surface area contributed by atoms with Gasteiger partial charge in [-0.2, -0.15) is 5.26 Å². The molecule has 1 aromatic heterocycles. The molecule has 0 radical (unpaired) electrons. The van der Waals surface area contributed by atoms with E-state index in [2.05, 4.69) is 21.7 Å². The van der Waals surface area contributed by atoms with Crippen molar-refractivity contribution in [1.82, 2.24) is 10.3 Å². The molecule has 0 unspecified atom stereocenters. The number of ether oxygens (including phenoxy) is 2. The molecule has 3 aromatic rings. The third-order valence-electron chi connectivity index (χ3n) is 4.74. The number of hydrogen-bond donors (Lipinski definition) is 2. The zero-order valence-corrected chi connectivity index (χ0v) is 18.1. The molecule has 0 aliphatic carbocycles. The number of rotatable bonds is 9. The summed E-state index contributed by atoms with van der Waals surface area (Å²) in [7, 11) is 3.18. The summed E-state index contributed by atoms with van der Waals surface area (Å²) in [5, 5.41) is 16.7. The Morgan fingerprint density at radius 1 is 1.23 bits per heavy atom. The number of aromatic nitrogens is 1. The zero-order chi connectivity index (χ0) is 22.2. The van der Waals surface area contributed by atoms with E-state index in [0.717, 1.165) is 5.56 Å². The highest BCUT2D eigenvalue weighted by molar-refractivity contribution is 6.32. The fourth-order valence-corrected chi connectivity index (χ4v) is 3.43. The molecule has 3 rings (SSSR count). The van der Waals surface area contributed by atoms with E-state index in [1.807, 2.05) is 12.1 Å². The lowest BCUT2D eigenvalue weighted by Crippen LogP contribution is -2.26. The van der Waals surface area contributed by atoms with Gasteiger partial charge in [0.1, 0.15) is 5.75 Å². The molecule has 7 nitrogen and oxygen atoms in total. The second-order valence-electron chi connectivity index (χ2n) is 6.82. The van der Waals surface area contributed by atoms with Crippen LogP contribution in [0.4, 0.5) is 5.69 Å². The monoisotopic (exact) mass is 438 g/mol. The van der Waals surface area contributed by atoms with Crippen LogP contribution in [-0.4, -0.2) is 38.3 Å². The topological polar surface area (TPSA) is 96.3 Å². The Labute approximate surface area is 185 Å². The van der Waals surface area contributed by atoms with Gasteiger partial charge in [0.2, 0.25) is 0 Å². The van der Waals surface area contributed by atoms with Crippen molar-refractivity contribution in [3.63, 3.8) is 0 Å². The lowest BCUT2D eigenvalue weighted by Gasteiger charge is -2.15. The largest absolute Gasteiger partial charge is 0.495 e. The zero-order valence-electron chi connectivity index (χ0n) is 17.4. The van der Waals surface area contributed by atoms with Crippen molar-refractivity contribution in [2.45, 2.75) is 13.0 Å². The van der Waals surface area contributed by atoms with E-state index < -0.39 is 0 Å². The molecule has 1 heterocycles. The molecular weight excluding hydrogens is 416 g/mol. The second kappa shape index (κ2) is 10.6. The number of halogens is 1. The van der Waals surface area contributed by atoms with Crippen molar-refractivity contribution in [2.24, 2.45) is 0 Å². The van der Waals surface area contributed by atoms with Crippen molar-refractivity contribution < 1.29 is 14.3 Å². The number of hydrogen-bond acceptors (Lipinski definition) is 6. The number of anilines is 1. The van der Waals surface area contributed by atoms with Gasteiger partial charge in [-0.05, 0) is 42.3 Å². The fourth-order valence-electron chi connectivity index (χ4n) is 3.15. The smallest absolute Gasteiger partial charge is 0.254 e. The molecule has 8 heteroatoms. The Morgan fingerprint density at radius 3 is 2.77 bits per heavy atom. The predicted octanol–water partition coefficient (Wildman–Crippen LogP) is 4.15. The highest BCUT2D eigenvalue weighted by Gasteiger charge is 2.16. The average molecular weight is 439 g/mol. The molecule has 0 aliphatic rings. The molecule has 0 atom stereocenters. The maximum Gasteiger partial charge on any atom is 0.254 e. The van der Waals surface area contributed by atoms with Crippen LogP contribution in [0, 0.1) is 11.3 Å². The van der Waals surface area contributed by atoms with Crippen molar-refractivity contribution in [1.29, 1.82) is 5.26 Å². The predicted molar refractivity (Wildman–Crippen MR) is 121 cm³/mol. The van der Waals surface area contributed by atoms with Crippen LogP contribution in [0.15, 0.2) is 42.6 Å². The van der Waals surface area contributed by atoms with Crippen molar-refractivity contribution in [3.05, 3.63) is 64.3 Å². The Kier molecular flexibility index (Phi) is 7.65. The molecule has 0 saturated carbocycles. The summed E-state index contributed by atoms with van der Waals surface area (Å²) in [6.07, 6.45) is 2.25. The Morgan fingerprint density at radius 2 is 2.06 bits per heavy atom. The number of nitrogens with one attached hydrogen (secondary N) is 2. The molecule has 0 saturated heterocycles. The van der Waals surface area contributed by atoms with Crippen LogP contribution in [0.3, 0.4) is 0 Å². The van der Waals surface area contributed by atoms with Crippen LogP contribution in [0.25, 0.3) is 10.9 Å². The summed E-state index contributed by atoms with van der Waals surface area (Å²) in [5.74, 6) is 0.345.